The van der Waals surface area contributed by atoms with Gasteiger partial charge in [0.1, 0.15) is 5.44 Å². The zero-order valence-electron chi connectivity index (χ0n) is 21.2. The molecule has 0 rings (SSSR count). The van der Waals surface area contributed by atoms with Gasteiger partial charge in [0.2, 0.25) is 0 Å². The van der Waals surface area contributed by atoms with Crippen molar-refractivity contribution in [1.29, 1.82) is 0 Å². The maximum absolute atomic E-state index is 11.2. The minimum atomic E-state index is -2.75. The standard InChI is InChI=1S/C25H49O6PS/c1-4-7-9-11-12-13-15-17-19-21(18-16-14-10-8-5-2)20-23(33)30-22(6-3)31-25(28,32-29)24(26)27/h21-23,28,33H,4-20H2,1-3H3,(H,26,27)/p+1. The molecule has 0 aromatic carbocycles. The van der Waals surface area contributed by atoms with Crippen LogP contribution in [0, 0.1) is 5.92 Å². The Bertz CT molecular complexity index is 496. The fourth-order valence-electron chi connectivity index (χ4n) is 4.02. The average Bonchev–Trinajstić information content (AvgIpc) is 2.79. The van der Waals surface area contributed by atoms with Crippen molar-refractivity contribution in [2.75, 3.05) is 0 Å². The van der Waals surface area contributed by atoms with Crippen LogP contribution in [0.4, 0.5) is 0 Å². The van der Waals surface area contributed by atoms with Crippen LogP contribution in [0.25, 0.3) is 0 Å². The molecule has 0 amide bonds. The van der Waals surface area contributed by atoms with Crippen LogP contribution in [0.15, 0.2) is 0 Å². The first-order valence-corrected chi connectivity index (χ1v) is 14.6. The van der Waals surface area contributed by atoms with Gasteiger partial charge in [0.25, 0.3) is 0 Å². The van der Waals surface area contributed by atoms with Crippen LogP contribution >= 0.6 is 21.1 Å². The van der Waals surface area contributed by atoms with E-state index in [0.29, 0.717) is 12.3 Å². The minimum absolute atomic E-state index is 0.316. The number of unbranched alkanes of at least 4 members (excludes halogenated alkanes) is 11. The van der Waals surface area contributed by atoms with E-state index in [4.69, 9.17) is 14.6 Å². The van der Waals surface area contributed by atoms with Gasteiger partial charge < -0.3 is 14.9 Å². The summed E-state index contributed by atoms with van der Waals surface area (Å²) in [5.74, 6) is -1.19. The van der Waals surface area contributed by atoms with Gasteiger partial charge in [-0.05, 0) is 18.8 Å². The highest BCUT2D eigenvalue weighted by atomic mass is 32.1. The van der Waals surface area contributed by atoms with Crippen LogP contribution in [-0.4, -0.2) is 33.4 Å². The van der Waals surface area contributed by atoms with Gasteiger partial charge in [0, 0.05) is 0 Å². The molecule has 196 valence electrons. The highest BCUT2D eigenvalue weighted by Gasteiger charge is 2.50. The third-order valence-corrected chi connectivity index (χ3v) is 7.03. The molecule has 0 radical (unpaired) electrons. The van der Waals surface area contributed by atoms with E-state index in [0.717, 1.165) is 19.3 Å². The molecule has 0 saturated carbocycles. The van der Waals surface area contributed by atoms with E-state index in [1.807, 2.05) is 0 Å². The number of rotatable bonds is 24. The minimum Gasteiger partial charge on any atom is -0.474 e. The Hall–Kier alpha value is -0.200. The van der Waals surface area contributed by atoms with Crippen LogP contribution in [0.1, 0.15) is 130 Å². The first-order chi connectivity index (χ1) is 15.8. The van der Waals surface area contributed by atoms with Gasteiger partial charge >= 0.3 is 20.0 Å². The number of aliphatic hydroxyl groups is 1. The van der Waals surface area contributed by atoms with Crippen molar-refractivity contribution in [3.8, 4) is 0 Å². The average molecular weight is 510 g/mol. The van der Waals surface area contributed by atoms with Crippen LogP contribution in [-0.2, 0) is 18.8 Å². The molecule has 0 heterocycles. The lowest BCUT2D eigenvalue weighted by atomic mass is 9.91. The highest BCUT2D eigenvalue weighted by Crippen LogP contribution is 2.29. The molecule has 0 aromatic rings. The van der Waals surface area contributed by atoms with Crippen LogP contribution in [0.2, 0.25) is 0 Å². The predicted molar refractivity (Wildman–Crippen MR) is 139 cm³/mol. The van der Waals surface area contributed by atoms with Crippen LogP contribution < -0.4 is 0 Å². The molecule has 0 spiro atoms. The van der Waals surface area contributed by atoms with Gasteiger partial charge in [0.05, 0.1) is 0 Å². The topological polar surface area (TPSA) is 93.1 Å². The van der Waals surface area contributed by atoms with Crippen molar-refractivity contribution in [1.82, 2.24) is 0 Å². The summed E-state index contributed by atoms with van der Waals surface area (Å²) in [6.45, 7) is 6.22. The SMILES string of the molecule is CCCCCCCCCCC(CCCCCCC)CC(S)OC(CC)OC(O)([PH+]=O)C(=O)O. The second-order valence-corrected chi connectivity index (χ2v) is 10.6. The molecular weight excluding hydrogens is 459 g/mol. The summed E-state index contributed by atoms with van der Waals surface area (Å²) in [4.78, 5) is 11.2. The van der Waals surface area contributed by atoms with E-state index >= 15 is 0 Å². The van der Waals surface area contributed by atoms with E-state index in [2.05, 4.69) is 26.5 Å². The summed E-state index contributed by atoms with van der Waals surface area (Å²) in [7, 11) is -1.55. The normalized spacial score (nSPS) is 16.4. The van der Waals surface area contributed by atoms with Crippen molar-refractivity contribution in [3.05, 3.63) is 0 Å². The summed E-state index contributed by atoms with van der Waals surface area (Å²) in [6.07, 6.45) is 19.0. The Morgan fingerprint density at radius 1 is 0.879 bits per heavy atom. The molecule has 0 bridgehead atoms. The molecule has 5 atom stereocenters. The lowest BCUT2D eigenvalue weighted by Gasteiger charge is -2.26. The van der Waals surface area contributed by atoms with Gasteiger partial charge in [-0.2, -0.15) is 0 Å². The van der Waals surface area contributed by atoms with E-state index < -0.39 is 31.7 Å². The Balaban J connectivity index is 4.59. The smallest absolute Gasteiger partial charge is 0.472 e. The first kappa shape index (κ1) is 32.8. The molecule has 33 heavy (non-hydrogen) atoms. The Kier molecular flexibility index (Phi) is 21.0. The van der Waals surface area contributed by atoms with Crippen molar-refractivity contribution in [2.24, 2.45) is 5.92 Å². The lowest BCUT2D eigenvalue weighted by Crippen LogP contribution is -2.40. The van der Waals surface area contributed by atoms with Crippen molar-refractivity contribution >= 4 is 27.1 Å². The molecule has 0 aliphatic heterocycles. The molecule has 2 N–H and O–H groups in total. The Morgan fingerprint density at radius 3 is 1.73 bits per heavy atom. The molecule has 0 aliphatic rings. The maximum atomic E-state index is 11.2. The van der Waals surface area contributed by atoms with E-state index in [9.17, 15) is 14.5 Å². The lowest BCUT2D eigenvalue weighted by molar-refractivity contribution is -0.256. The van der Waals surface area contributed by atoms with Crippen molar-refractivity contribution < 1.29 is 29.0 Å². The molecule has 0 saturated heterocycles. The zero-order valence-corrected chi connectivity index (χ0v) is 23.1. The largest absolute Gasteiger partial charge is 0.474 e. The molecule has 0 aliphatic carbocycles. The fraction of sp³-hybridized carbons (Fsp3) is 0.960. The monoisotopic (exact) mass is 509 g/mol. The quantitative estimate of drug-likeness (QED) is 0.0535. The second-order valence-electron chi connectivity index (χ2n) is 9.17. The number of carboxylic acids is 1. The van der Waals surface area contributed by atoms with E-state index in [1.165, 1.54) is 83.5 Å². The van der Waals surface area contributed by atoms with E-state index in [1.54, 1.807) is 6.92 Å². The number of carboxylic acid groups (broad SMARTS) is 1. The molecule has 5 unspecified atom stereocenters. The van der Waals surface area contributed by atoms with Gasteiger partial charge in [-0.15, -0.1) is 12.6 Å². The summed E-state index contributed by atoms with van der Waals surface area (Å²) in [6, 6.07) is 0. The summed E-state index contributed by atoms with van der Waals surface area (Å²) >= 11 is 4.58. The molecular formula is C25H50O6PS+. The number of hydrogen-bond donors (Lipinski definition) is 3. The molecule has 0 aromatic heterocycles. The third-order valence-electron chi connectivity index (χ3n) is 6.09. The third kappa shape index (κ3) is 17.0. The molecule has 0 fully saturated rings. The van der Waals surface area contributed by atoms with Gasteiger partial charge in [0.15, 0.2) is 6.29 Å². The molecule has 6 nitrogen and oxygen atoms in total. The number of carbonyl (C=O) groups is 1. The fourth-order valence-corrected chi connectivity index (χ4v) is 4.72. The van der Waals surface area contributed by atoms with Crippen LogP contribution in [0.5, 0.6) is 0 Å². The van der Waals surface area contributed by atoms with Gasteiger partial charge in [-0.1, -0.05) is 122 Å². The summed E-state index contributed by atoms with van der Waals surface area (Å²) in [5.41, 5.74) is -3.18. The van der Waals surface area contributed by atoms with Crippen LogP contribution in [0.3, 0.4) is 0 Å². The zero-order chi connectivity index (χ0) is 25.0. The number of aliphatic carboxylic acids is 1. The summed E-state index contributed by atoms with van der Waals surface area (Å²) < 4.78 is 22.0. The number of thiol groups is 1. The predicted octanol–water partition coefficient (Wildman–Crippen LogP) is 7.66. The highest BCUT2D eigenvalue weighted by molar-refractivity contribution is 7.80. The van der Waals surface area contributed by atoms with Crippen molar-refractivity contribution in [3.63, 3.8) is 0 Å². The first-order valence-electron chi connectivity index (χ1n) is 13.2. The number of ether oxygens (including phenoxy) is 2. The second kappa shape index (κ2) is 21.1. The molecule has 8 heteroatoms. The summed E-state index contributed by atoms with van der Waals surface area (Å²) in [5, 5.41) is 19.0. The van der Waals surface area contributed by atoms with E-state index in [-0.39, 0.29) is 0 Å². The van der Waals surface area contributed by atoms with Crippen molar-refractivity contribution in [2.45, 2.75) is 147 Å². The Labute approximate surface area is 209 Å². The Morgan fingerprint density at radius 2 is 1.33 bits per heavy atom. The van der Waals surface area contributed by atoms with Gasteiger partial charge in [-0.3, -0.25) is 4.74 Å². The van der Waals surface area contributed by atoms with Gasteiger partial charge in [-0.25, -0.2) is 4.79 Å². The number of hydrogen-bond acceptors (Lipinski definition) is 6. The maximum Gasteiger partial charge on any atom is 0.472 e.